The van der Waals surface area contributed by atoms with Crippen LogP contribution < -0.4 is 5.32 Å². The van der Waals surface area contributed by atoms with Crippen LogP contribution in [-0.2, 0) is 9.53 Å². The van der Waals surface area contributed by atoms with Gasteiger partial charge < -0.3 is 15.0 Å². The van der Waals surface area contributed by atoms with E-state index < -0.39 is 0 Å². The summed E-state index contributed by atoms with van der Waals surface area (Å²) in [7, 11) is 0. The molecule has 1 amide bonds. The lowest BCUT2D eigenvalue weighted by Crippen LogP contribution is -2.52. The minimum absolute atomic E-state index is 0.282. The Kier molecular flexibility index (Phi) is 5.14. The number of amides is 1. The van der Waals surface area contributed by atoms with Crippen LogP contribution in [0.5, 0.6) is 0 Å². The van der Waals surface area contributed by atoms with E-state index in [0.29, 0.717) is 18.7 Å². The van der Waals surface area contributed by atoms with E-state index in [1.807, 2.05) is 4.90 Å². The summed E-state index contributed by atoms with van der Waals surface area (Å²) in [5.41, 5.74) is 0. The van der Waals surface area contributed by atoms with E-state index in [1.54, 1.807) is 0 Å². The Hall–Kier alpha value is -0.650. The van der Waals surface area contributed by atoms with Crippen molar-refractivity contribution in [3.63, 3.8) is 0 Å². The first-order chi connectivity index (χ1) is 10.2. The van der Waals surface area contributed by atoms with Crippen LogP contribution >= 0.6 is 0 Å². The van der Waals surface area contributed by atoms with Crippen molar-refractivity contribution < 1.29 is 9.53 Å². The molecule has 0 bridgehead atoms. The number of hydrogen-bond donors (Lipinski definition) is 1. The van der Waals surface area contributed by atoms with Crippen molar-refractivity contribution in [3.05, 3.63) is 0 Å². The van der Waals surface area contributed by atoms with E-state index in [9.17, 15) is 4.79 Å². The summed E-state index contributed by atoms with van der Waals surface area (Å²) in [5, 5.41) is 3.31. The Morgan fingerprint density at radius 3 is 2.62 bits per heavy atom. The van der Waals surface area contributed by atoms with Crippen LogP contribution in [-0.4, -0.2) is 73.7 Å². The van der Waals surface area contributed by atoms with Crippen LogP contribution in [0.3, 0.4) is 0 Å². The van der Waals surface area contributed by atoms with E-state index in [4.69, 9.17) is 4.74 Å². The second-order valence-corrected chi connectivity index (χ2v) is 6.86. The zero-order chi connectivity index (χ0) is 14.7. The minimum Gasteiger partial charge on any atom is -0.376 e. The molecule has 2 heterocycles. The van der Waals surface area contributed by atoms with E-state index in [1.165, 1.54) is 12.8 Å². The molecule has 1 saturated carbocycles. The van der Waals surface area contributed by atoms with Crippen molar-refractivity contribution in [1.29, 1.82) is 0 Å². The quantitative estimate of drug-likeness (QED) is 0.811. The van der Waals surface area contributed by atoms with Crippen LogP contribution in [0.25, 0.3) is 0 Å². The van der Waals surface area contributed by atoms with Crippen molar-refractivity contribution in [2.75, 3.05) is 45.9 Å². The summed E-state index contributed by atoms with van der Waals surface area (Å²) in [6, 6.07) is 0.639. The number of carbonyl (C=O) groups excluding carboxylic acids is 1. The van der Waals surface area contributed by atoms with Crippen molar-refractivity contribution >= 4 is 5.91 Å². The Bertz CT molecular complexity index is 351. The summed E-state index contributed by atoms with van der Waals surface area (Å²) in [5.74, 6) is 1.12. The topological polar surface area (TPSA) is 44.8 Å². The predicted octanol–water partition coefficient (Wildman–Crippen LogP) is 0.698. The number of nitrogens with zero attached hydrogens (tertiary/aromatic N) is 2. The van der Waals surface area contributed by atoms with Gasteiger partial charge in [-0.15, -0.1) is 0 Å². The lowest BCUT2D eigenvalue weighted by Gasteiger charge is -2.41. The molecule has 0 aromatic heterocycles. The molecule has 3 rings (SSSR count). The first kappa shape index (κ1) is 15.3. The van der Waals surface area contributed by atoms with Crippen LogP contribution in [0.1, 0.15) is 32.6 Å². The summed E-state index contributed by atoms with van der Waals surface area (Å²) < 4.78 is 5.61. The molecule has 5 heteroatoms. The molecule has 21 heavy (non-hydrogen) atoms. The first-order valence-electron chi connectivity index (χ1n) is 8.56. The van der Waals surface area contributed by atoms with Crippen molar-refractivity contribution in [3.8, 4) is 0 Å². The molecule has 0 spiro atoms. The Labute approximate surface area is 128 Å². The molecule has 2 saturated heterocycles. The Morgan fingerprint density at radius 1 is 1.19 bits per heavy atom. The Morgan fingerprint density at radius 2 is 1.95 bits per heavy atom. The third kappa shape index (κ3) is 4.41. The van der Waals surface area contributed by atoms with Gasteiger partial charge >= 0.3 is 0 Å². The van der Waals surface area contributed by atoms with Gasteiger partial charge in [-0.1, -0.05) is 0 Å². The SMILES string of the molecule is CC1CN(C2CCN(C(=O)CNCC3CC3)CC2)CCO1. The summed E-state index contributed by atoms with van der Waals surface area (Å²) in [4.78, 5) is 16.8. The third-order valence-corrected chi connectivity index (χ3v) is 5.01. The molecule has 5 nitrogen and oxygen atoms in total. The van der Waals surface area contributed by atoms with Crippen LogP contribution in [0.2, 0.25) is 0 Å². The zero-order valence-electron chi connectivity index (χ0n) is 13.2. The standard InChI is InChI=1S/C16H29N3O2/c1-13-12-19(8-9-21-13)15-4-6-18(7-5-15)16(20)11-17-10-14-2-3-14/h13-15,17H,2-12H2,1H3. The lowest BCUT2D eigenvalue weighted by atomic mass is 10.0. The van der Waals surface area contributed by atoms with Crippen LogP contribution in [0.4, 0.5) is 0 Å². The number of hydrogen-bond acceptors (Lipinski definition) is 4. The zero-order valence-corrected chi connectivity index (χ0v) is 13.2. The monoisotopic (exact) mass is 295 g/mol. The molecule has 1 unspecified atom stereocenters. The van der Waals surface area contributed by atoms with E-state index in [0.717, 1.165) is 58.1 Å². The maximum absolute atomic E-state index is 12.2. The highest BCUT2D eigenvalue weighted by Crippen LogP contribution is 2.27. The highest BCUT2D eigenvalue weighted by Gasteiger charge is 2.29. The highest BCUT2D eigenvalue weighted by atomic mass is 16.5. The average Bonchev–Trinajstić information content (AvgIpc) is 3.31. The van der Waals surface area contributed by atoms with Gasteiger partial charge in [-0.05, 0) is 45.1 Å². The number of ether oxygens (including phenoxy) is 1. The van der Waals surface area contributed by atoms with Gasteiger partial charge in [0.25, 0.3) is 0 Å². The molecule has 1 aliphatic carbocycles. The van der Waals surface area contributed by atoms with Gasteiger partial charge in [0.15, 0.2) is 0 Å². The van der Waals surface area contributed by atoms with Gasteiger partial charge in [0, 0.05) is 32.2 Å². The van der Waals surface area contributed by atoms with Crippen molar-refractivity contribution in [1.82, 2.24) is 15.1 Å². The normalized spacial score (nSPS) is 28.8. The van der Waals surface area contributed by atoms with Crippen LogP contribution in [0, 0.1) is 5.92 Å². The molecule has 0 aromatic rings. The maximum Gasteiger partial charge on any atom is 0.236 e. The number of likely N-dealkylation sites (tertiary alicyclic amines) is 1. The molecule has 120 valence electrons. The van der Waals surface area contributed by atoms with Gasteiger partial charge in [0.05, 0.1) is 19.3 Å². The number of carbonyl (C=O) groups is 1. The van der Waals surface area contributed by atoms with Crippen molar-refractivity contribution in [2.45, 2.75) is 44.8 Å². The number of morpholine rings is 1. The maximum atomic E-state index is 12.2. The van der Waals surface area contributed by atoms with Gasteiger partial charge in [0.1, 0.15) is 0 Å². The van der Waals surface area contributed by atoms with Crippen LogP contribution in [0.15, 0.2) is 0 Å². The third-order valence-electron chi connectivity index (χ3n) is 5.01. The fraction of sp³-hybridized carbons (Fsp3) is 0.938. The lowest BCUT2D eigenvalue weighted by molar-refractivity contribution is -0.132. The molecule has 3 aliphatic rings. The van der Waals surface area contributed by atoms with Crippen molar-refractivity contribution in [2.24, 2.45) is 5.92 Å². The predicted molar refractivity (Wildman–Crippen MR) is 82.2 cm³/mol. The fourth-order valence-corrected chi connectivity index (χ4v) is 3.47. The van der Waals surface area contributed by atoms with Gasteiger partial charge in [0.2, 0.25) is 5.91 Å². The number of piperidine rings is 1. The molecular weight excluding hydrogens is 266 g/mol. The number of nitrogens with one attached hydrogen (secondary N) is 1. The Balaban J connectivity index is 1.36. The average molecular weight is 295 g/mol. The van der Waals surface area contributed by atoms with E-state index in [-0.39, 0.29) is 5.91 Å². The van der Waals surface area contributed by atoms with Gasteiger partial charge in [-0.25, -0.2) is 0 Å². The molecule has 0 radical (unpaired) electrons. The molecule has 1 atom stereocenters. The largest absolute Gasteiger partial charge is 0.376 e. The molecule has 2 aliphatic heterocycles. The summed E-state index contributed by atoms with van der Waals surface area (Å²) in [6.07, 6.45) is 5.25. The smallest absolute Gasteiger partial charge is 0.236 e. The number of rotatable bonds is 5. The first-order valence-corrected chi connectivity index (χ1v) is 8.56. The van der Waals surface area contributed by atoms with E-state index in [2.05, 4.69) is 17.1 Å². The van der Waals surface area contributed by atoms with Gasteiger partial charge in [-0.3, -0.25) is 9.69 Å². The summed E-state index contributed by atoms with van der Waals surface area (Å²) in [6.45, 7) is 8.47. The van der Waals surface area contributed by atoms with Gasteiger partial charge in [-0.2, -0.15) is 0 Å². The minimum atomic E-state index is 0.282. The van der Waals surface area contributed by atoms with E-state index >= 15 is 0 Å². The molecular formula is C16H29N3O2. The second-order valence-electron chi connectivity index (χ2n) is 6.86. The second kappa shape index (κ2) is 7.07. The molecule has 0 aromatic carbocycles. The summed E-state index contributed by atoms with van der Waals surface area (Å²) >= 11 is 0. The fourth-order valence-electron chi connectivity index (χ4n) is 3.47. The highest BCUT2D eigenvalue weighted by molar-refractivity contribution is 5.78. The molecule has 1 N–H and O–H groups in total. The molecule has 3 fully saturated rings.